The lowest BCUT2D eigenvalue weighted by atomic mass is 9.95. The molecule has 5 rings (SSSR count). The molecule has 33 heavy (non-hydrogen) atoms. The molecule has 1 N–H and O–H groups in total. The number of hydrogen-bond donors (Lipinski definition) is 1. The van der Waals surface area contributed by atoms with Crippen LogP contribution in [0.25, 0.3) is 0 Å². The Morgan fingerprint density at radius 3 is 2.61 bits per heavy atom. The molecule has 1 aromatic heterocycles. The van der Waals surface area contributed by atoms with Crippen LogP contribution < -0.4 is 19.5 Å². The van der Waals surface area contributed by atoms with Crippen LogP contribution in [-0.4, -0.2) is 49.5 Å². The van der Waals surface area contributed by atoms with Gasteiger partial charge in [-0.15, -0.1) is 0 Å². The second-order valence-corrected chi connectivity index (χ2v) is 8.66. The molecule has 0 saturated carbocycles. The molecular weight excluding hydrogens is 414 g/mol. The molecule has 0 amide bonds. The first-order chi connectivity index (χ1) is 16.3. The van der Waals surface area contributed by atoms with E-state index in [1.807, 2.05) is 54.7 Å². The third-order valence-corrected chi connectivity index (χ3v) is 6.45. The van der Waals surface area contributed by atoms with Crippen LogP contribution in [0.5, 0.6) is 17.2 Å². The fourth-order valence-corrected chi connectivity index (χ4v) is 4.54. The second-order valence-electron chi connectivity index (χ2n) is 8.66. The Kier molecular flexibility index (Phi) is 7.04. The smallest absolute Gasteiger partial charge is 0.231 e. The summed E-state index contributed by atoms with van der Waals surface area (Å²) in [5.74, 6) is 3.21. The first-order valence-corrected chi connectivity index (χ1v) is 11.8. The van der Waals surface area contributed by atoms with Gasteiger partial charge in [0.2, 0.25) is 6.79 Å². The molecule has 1 saturated heterocycles. The molecule has 1 atom stereocenters. The van der Waals surface area contributed by atoms with Crippen LogP contribution in [0.15, 0.2) is 72.9 Å². The zero-order valence-electron chi connectivity index (χ0n) is 18.9. The highest BCUT2D eigenvalue weighted by Gasteiger charge is 2.23. The maximum atomic E-state index is 5.86. The number of nitrogens with zero attached hydrogens (tertiary/aromatic N) is 2. The van der Waals surface area contributed by atoms with Gasteiger partial charge in [0.05, 0.1) is 11.7 Å². The largest absolute Gasteiger partial charge is 0.492 e. The number of benzene rings is 2. The maximum Gasteiger partial charge on any atom is 0.231 e. The van der Waals surface area contributed by atoms with Crippen LogP contribution in [0, 0.1) is 5.92 Å². The number of pyridine rings is 1. The molecule has 0 unspecified atom stereocenters. The molecule has 0 bridgehead atoms. The van der Waals surface area contributed by atoms with E-state index in [0.717, 1.165) is 61.3 Å². The number of rotatable bonds is 9. The Labute approximate surface area is 195 Å². The summed E-state index contributed by atoms with van der Waals surface area (Å²) in [6.45, 7) is 5.19. The molecule has 1 fully saturated rings. The average molecular weight is 446 g/mol. The Hall–Kier alpha value is -3.09. The van der Waals surface area contributed by atoms with E-state index >= 15 is 0 Å². The summed E-state index contributed by atoms with van der Waals surface area (Å²) < 4.78 is 17.0. The minimum atomic E-state index is 0.0259. The molecule has 3 heterocycles. The predicted octanol–water partition coefficient (Wildman–Crippen LogP) is 4.28. The first kappa shape index (κ1) is 21.7. The van der Waals surface area contributed by atoms with Gasteiger partial charge in [0.25, 0.3) is 0 Å². The lowest BCUT2D eigenvalue weighted by Gasteiger charge is -2.33. The van der Waals surface area contributed by atoms with E-state index in [1.54, 1.807) is 0 Å². The number of aromatic nitrogens is 1. The van der Waals surface area contributed by atoms with Gasteiger partial charge in [-0.1, -0.05) is 30.3 Å². The standard InChI is InChI=1S/C27H31N3O3/c1-2-6-23(7-3-1)31-17-16-30-14-11-21(12-15-30)19-29-27(24-8-4-5-13-28-24)22-9-10-25-26(18-22)33-20-32-25/h1-10,13,18,21,27,29H,11-12,14-17,19-20H2/t27-/m0/s1. The van der Waals surface area contributed by atoms with Crippen molar-refractivity contribution < 1.29 is 14.2 Å². The van der Waals surface area contributed by atoms with Crippen molar-refractivity contribution in [2.24, 2.45) is 5.92 Å². The van der Waals surface area contributed by atoms with Gasteiger partial charge < -0.3 is 19.5 Å². The topological polar surface area (TPSA) is 55.9 Å². The van der Waals surface area contributed by atoms with Gasteiger partial charge in [0.1, 0.15) is 12.4 Å². The van der Waals surface area contributed by atoms with E-state index in [0.29, 0.717) is 5.92 Å². The highest BCUT2D eigenvalue weighted by Crippen LogP contribution is 2.35. The zero-order valence-corrected chi connectivity index (χ0v) is 18.9. The SMILES string of the molecule is c1ccc(OCCN2CCC(CN[C@@H](c3ccc4c(c3)OCO4)c3ccccn3)CC2)cc1. The molecule has 0 radical (unpaired) electrons. The van der Waals surface area contributed by atoms with Gasteiger partial charge in [-0.05, 0) is 80.4 Å². The Morgan fingerprint density at radius 2 is 1.79 bits per heavy atom. The van der Waals surface area contributed by atoms with Crippen LogP contribution in [0.3, 0.4) is 0 Å². The molecule has 0 spiro atoms. The van der Waals surface area contributed by atoms with E-state index in [-0.39, 0.29) is 12.8 Å². The van der Waals surface area contributed by atoms with Crippen LogP contribution >= 0.6 is 0 Å². The number of piperidine rings is 1. The number of hydrogen-bond acceptors (Lipinski definition) is 6. The number of likely N-dealkylation sites (tertiary alicyclic amines) is 1. The van der Waals surface area contributed by atoms with Gasteiger partial charge in [0, 0.05) is 12.7 Å². The number of fused-ring (bicyclic) bond motifs is 1. The molecule has 2 aliphatic rings. The van der Waals surface area contributed by atoms with E-state index in [2.05, 4.69) is 33.4 Å². The third kappa shape index (κ3) is 5.64. The summed E-state index contributed by atoms with van der Waals surface area (Å²) in [5, 5.41) is 3.79. The minimum Gasteiger partial charge on any atom is -0.492 e. The minimum absolute atomic E-state index is 0.0259. The lowest BCUT2D eigenvalue weighted by molar-refractivity contribution is 0.153. The number of para-hydroxylation sites is 1. The van der Waals surface area contributed by atoms with Gasteiger partial charge >= 0.3 is 0 Å². The van der Waals surface area contributed by atoms with E-state index < -0.39 is 0 Å². The van der Waals surface area contributed by atoms with Crippen molar-refractivity contribution in [1.29, 1.82) is 0 Å². The predicted molar refractivity (Wildman–Crippen MR) is 128 cm³/mol. The Morgan fingerprint density at radius 1 is 0.970 bits per heavy atom. The highest BCUT2D eigenvalue weighted by molar-refractivity contribution is 5.46. The summed E-state index contributed by atoms with van der Waals surface area (Å²) in [6, 6.07) is 22.3. The van der Waals surface area contributed by atoms with Crippen molar-refractivity contribution in [2.45, 2.75) is 18.9 Å². The summed E-state index contributed by atoms with van der Waals surface area (Å²) in [6.07, 6.45) is 4.23. The zero-order chi connectivity index (χ0) is 22.3. The molecule has 0 aliphatic carbocycles. The highest BCUT2D eigenvalue weighted by atomic mass is 16.7. The van der Waals surface area contributed by atoms with Crippen LogP contribution in [0.4, 0.5) is 0 Å². The summed E-state index contributed by atoms with van der Waals surface area (Å²) in [5.41, 5.74) is 2.17. The van der Waals surface area contributed by atoms with E-state index in [9.17, 15) is 0 Å². The lowest BCUT2D eigenvalue weighted by Crippen LogP contribution is -2.40. The quantitative estimate of drug-likeness (QED) is 0.531. The van der Waals surface area contributed by atoms with Crippen molar-refractivity contribution in [2.75, 3.05) is 39.6 Å². The monoisotopic (exact) mass is 445 g/mol. The molecule has 2 aliphatic heterocycles. The molecule has 6 nitrogen and oxygen atoms in total. The Bertz CT molecular complexity index is 1010. The second kappa shape index (κ2) is 10.7. The average Bonchev–Trinajstić information content (AvgIpc) is 3.35. The fourth-order valence-electron chi connectivity index (χ4n) is 4.54. The van der Waals surface area contributed by atoms with Gasteiger partial charge in [0.15, 0.2) is 11.5 Å². The molecule has 3 aromatic rings. The van der Waals surface area contributed by atoms with Crippen molar-refractivity contribution >= 4 is 0 Å². The summed E-state index contributed by atoms with van der Waals surface area (Å²) >= 11 is 0. The van der Waals surface area contributed by atoms with Crippen LogP contribution in [0.1, 0.15) is 30.1 Å². The van der Waals surface area contributed by atoms with Crippen LogP contribution in [-0.2, 0) is 0 Å². The van der Waals surface area contributed by atoms with Gasteiger partial charge in [-0.25, -0.2) is 0 Å². The maximum absolute atomic E-state index is 5.86. The van der Waals surface area contributed by atoms with Crippen molar-refractivity contribution in [3.63, 3.8) is 0 Å². The molecular formula is C27H31N3O3. The summed E-state index contributed by atoms with van der Waals surface area (Å²) in [7, 11) is 0. The van der Waals surface area contributed by atoms with E-state index in [1.165, 1.54) is 12.8 Å². The molecule has 2 aromatic carbocycles. The summed E-state index contributed by atoms with van der Waals surface area (Å²) in [4.78, 5) is 7.13. The van der Waals surface area contributed by atoms with Crippen LogP contribution in [0.2, 0.25) is 0 Å². The van der Waals surface area contributed by atoms with Gasteiger partial charge in [-0.3, -0.25) is 9.88 Å². The Balaban J connectivity index is 1.14. The number of ether oxygens (including phenoxy) is 3. The van der Waals surface area contributed by atoms with E-state index in [4.69, 9.17) is 14.2 Å². The van der Waals surface area contributed by atoms with Gasteiger partial charge in [-0.2, -0.15) is 0 Å². The molecule has 6 heteroatoms. The number of nitrogens with one attached hydrogen (secondary N) is 1. The normalized spacial score (nSPS) is 17.1. The third-order valence-electron chi connectivity index (χ3n) is 6.45. The first-order valence-electron chi connectivity index (χ1n) is 11.8. The van der Waals surface area contributed by atoms with Crippen molar-refractivity contribution in [3.05, 3.63) is 84.2 Å². The fraction of sp³-hybridized carbons (Fsp3) is 0.370. The van der Waals surface area contributed by atoms with Crippen molar-refractivity contribution in [1.82, 2.24) is 15.2 Å². The molecule has 172 valence electrons. The van der Waals surface area contributed by atoms with Crippen molar-refractivity contribution in [3.8, 4) is 17.2 Å².